The van der Waals surface area contributed by atoms with Crippen LogP contribution >= 0.6 is 23.2 Å². The number of ether oxygens (including phenoxy) is 1. The molecule has 0 atom stereocenters. The molecule has 21 heavy (non-hydrogen) atoms. The monoisotopic (exact) mass is 330 g/mol. The van der Waals surface area contributed by atoms with Crippen molar-refractivity contribution in [2.75, 3.05) is 20.2 Å². The van der Waals surface area contributed by atoms with Gasteiger partial charge in [0.2, 0.25) is 5.91 Å². The van der Waals surface area contributed by atoms with Crippen molar-refractivity contribution in [2.24, 2.45) is 11.7 Å². The molecule has 0 saturated carbocycles. The third-order valence-corrected chi connectivity index (χ3v) is 4.26. The minimum atomic E-state index is -0.312. The van der Waals surface area contributed by atoms with Crippen molar-refractivity contribution in [1.82, 2.24) is 4.90 Å². The highest BCUT2D eigenvalue weighted by atomic mass is 35.5. The summed E-state index contributed by atoms with van der Waals surface area (Å²) < 4.78 is 5.05. The zero-order valence-electron chi connectivity index (χ0n) is 11.6. The van der Waals surface area contributed by atoms with Gasteiger partial charge in [0.25, 0.3) is 5.91 Å². The quantitative estimate of drug-likeness (QED) is 0.924. The van der Waals surface area contributed by atoms with Crippen molar-refractivity contribution in [3.8, 4) is 5.75 Å². The van der Waals surface area contributed by atoms with Gasteiger partial charge in [-0.3, -0.25) is 9.59 Å². The summed E-state index contributed by atoms with van der Waals surface area (Å²) in [7, 11) is 1.48. The molecule has 0 radical (unpaired) electrons. The molecule has 1 saturated heterocycles. The number of rotatable bonds is 3. The topological polar surface area (TPSA) is 72.6 Å². The Hall–Kier alpha value is -1.46. The van der Waals surface area contributed by atoms with Crippen molar-refractivity contribution in [3.63, 3.8) is 0 Å². The molecular formula is C14H16Cl2N2O3. The molecule has 2 N–H and O–H groups in total. The highest BCUT2D eigenvalue weighted by Gasteiger charge is 2.27. The summed E-state index contributed by atoms with van der Waals surface area (Å²) in [6.45, 7) is 0.957. The van der Waals surface area contributed by atoms with E-state index in [1.54, 1.807) is 4.90 Å². The van der Waals surface area contributed by atoms with Crippen molar-refractivity contribution in [2.45, 2.75) is 12.8 Å². The fourth-order valence-corrected chi connectivity index (χ4v) is 2.86. The maximum atomic E-state index is 12.5. The van der Waals surface area contributed by atoms with Gasteiger partial charge in [0, 0.05) is 25.1 Å². The first-order chi connectivity index (χ1) is 9.93. The Morgan fingerprint density at radius 1 is 1.24 bits per heavy atom. The highest BCUT2D eigenvalue weighted by molar-refractivity contribution is 6.36. The lowest BCUT2D eigenvalue weighted by Crippen LogP contribution is -2.41. The summed E-state index contributed by atoms with van der Waals surface area (Å²) >= 11 is 12.1. The molecule has 2 amide bonds. The second-order valence-electron chi connectivity index (χ2n) is 4.94. The number of amides is 2. The Bertz CT molecular complexity index is 570. The summed E-state index contributed by atoms with van der Waals surface area (Å²) in [5.41, 5.74) is 5.61. The number of nitrogens with two attached hydrogens (primary N) is 1. The summed E-state index contributed by atoms with van der Waals surface area (Å²) in [6.07, 6.45) is 1.14. The maximum Gasteiger partial charge on any atom is 0.255 e. The maximum absolute atomic E-state index is 12.5. The van der Waals surface area contributed by atoms with Crippen molar-refractivity contribution >= 4 is 35.0 Å². The van der Waals surface area contributed by atoms with Gasteiger partial charge in [-0.25, -0.2) is 0 Å². The van der Waals surface area contributed by atoms with Gasteiger partial charge in [0.05, 0.1) is 22.7 Å². The molecule has 2 rings (SSSR count). The molecule has 0 aromatic heterocycles. The number of piperidine rings is 1. The lowest BCUT2D eigenvalue weighted by molar-refractivity contribution is -0.123. The molecule has 1 heterocycles. The molecule has 0 spiro atoms. The van der Waals surface area contributed by atoms with Crippen LogP contribution in [0, 0.1) is 5.92 Å². The number of hydrogen-bond acceptors (Lipinski definition) is 3. The average molecular weight is 331 g/mol. The summed E-state index contributed by atoms with van der Waals surface area (Å²) in [5.74, 6) is -0.255. The van der Waals surface area contributed by atoms with Gasteiger partial charge in [-0.15, -0.1) is 0 Å². The number of nitrogens with zero attached hydrogens (tertiary/aromatic N) is 1. The van der Waals surface area contributed by atoms with Crippen LogP contribution in [0.1, 0.15) is 23.2 Å². The average Bonchev–Trinajstić information content (AvgIpc) is 2.48. The molecule has 7 heteroatoms. The van der Waals surface area contributed by atoms with Crippen LogP contribution in [0.15, 0.2) is 12.1 Å². The van der Waals surface area contributed by atoms with E-state index in [1.807, 2.05) is 0 Å². The normalized spacial score (nSPS) is 15.9. The molecule has 1 aromatic rings. The second kappa shape index (κ2) is 6.54. The van der Waals surface area contributed by atoms with E-state index in [-0.39, 0.29) is 17.7 Å². The van der Waals surface area contributed by atoms with Crippen molar-refractivity contribution < 1.29 is 14.3 Å². The number of hydrogen-bond donors (Lipinski definition) is 1. The Kier molecular flexibility index (Phi) is 4.96. The van der Waals surface area contributed by atoms with Gasteiger partial charge in [-0.2, -0.15) is 0 Å². The highest BCUT2D eigenvalue weighted by Crippen LogP contribution is 2.32. The number of primary amides is 1. The van der Waals surface area contributed by atoms with Crippen LogP contribution in [0.25, 0.3) is 0 Å². The van der Waals surface area contributed by atoms with Crippen molar-refractivity contribution in [3.05, 3.63) is 27.7 Å². The minimum Gasteiger partial charge on any atom is -0.495 e. The van der Waals surface area contributed by atoms with E-state index >= 15 is 0 Å². The van der Waals surface area contributed by atoms with Crippen LogP contribution in [0.3, 0.4) is 0 Å². The Morgan fingerprint density at radius 3 is 2.38 bits per heavy atom. The van der Waals surface area contributed by atoms with E-state index in [1.165, 1.54) is 19.2 Å². The van der Waals surface area contributed by atoms with E-state index in [0.29, 0.717) is 47.3 Å². The molecule has 114 valence electrons. The van der Waals surface area contributed by atoms with Gasteiger partial charge in [-0.1, -0.05) is 23.2 Å². The zero-order valence-corrected chi connectivity index (χ0v) is 13.1. The molecule has 1 aliphatic heterocycles. The van der Waals surface area contributed by atoms with E-state index in [9.17, 15) is 9.59 Å². The number of carbonyl (C=O) groups excluding carboxylic acids is 2. The first-order valence-corrected chi connectivity index (χ1v) is 7.31. The fourth-order valence-electron chi connectivity index (χ4n) is 2.39. The van der Waals surface area contributed by atoms with E-state index in [0.717, 1.165) is 0 Å². The number of likely N-dealkylation sites (tertiary alicyclic amines) is 1. The number of halogens is 2. The molecule has 1 aromatic carbocycles. The van der Waals surface area contributed by atoms with E-state index < -0.39 is 0 Å². The predicted molar refractivity (Wildman–Crippen MR) is 80.8 cm³/mol. The smallest absolute Gasteiger partial charge is 0.255 e. The summed E-state index contributed by atoms with van der Waals surface area (Å²) in [4.78, 5) is 25.3. The third-order valence-electron chi connectivity index (χ3n) is 3.66. The largest absolute Gasteiger partial charge is 0.495 e. The number of methoxy groups -OCH3 is 1. The number of carbonyl (C=O) groups is 2. The molecule has 0 unspecified atom stereocenters. The second-order valence-corrected chi connectivity index (χ2v) is 5.75. The van der Waals surface area contributed by atoms with Crippen LogP contribution in [0.5, 0.6) is 5.75 Å². The lowest BCUT2D eigenvalue weighted by atomic mass is 9.96. The van der Waals surface area contributed by atoms with Gasteiger partial charge in [0.1, 0.15) is 5.75 Å². The molecule has 1 aliphatic rings. The zero-order chi connectivity index (χ0) is 15.6. The molecule has 0 bridgehead atoms. The molecule has 0 aliphatic carbocycles. The van der Waals surface area contributed by atoms with Crippen LogP contribution in [0.2, 0.25) is 10.0 Å². The Labute approximate surface area is 132 Å². The van der Waals surface area contributed by atoms with Gasteiger partial charge in [-0.05, 0) is 18.9 Å². The Balaban J connectivity index is 2.14. The van der Waals surface area contributed by atoms with Crippen LogP contribution < -0.4 is 10.5 Å². The Morgan fingerprint density at radius 2 is 1.86 bits per heavy atom. The van der Waals surface area contributed by atoms with Gasteiger partial charge in [0.15, 0.2) is 0 Å². The number of benzene rings is 1. The fraction of sp³-hybridized carbons (Fsp3) is 0.429. The van der Waals surface area contributed by atoms with E-state index in [4.69, 9.17) is 33.7 Å². The van der Waals surface area contributed by atoms with Crippen LogP contribution in [0.4, 0.5) is 0 Å². The van der Waals surface area contributed by atoms with Gasteiger partial charge >= 0.3 is 0 Å². The summed E-state index contributed by atoms with van der Waals surface area (Å²) in [6, 6.07) is 3.03. The van der Waals surface area contributed by atoms with Crippen molar-refractivity contribution in [1.29, 1.82) is 0 Å². The first kappa shape index (κ1) is 15.9. The van der Waals surface area contributed by atoms with Gasteiger partial charge < -0.3 is 15.4 Å². The SMILES string of the molecule is COc1cc(Cl)c(C(=O)N2CCC(C(N)=O)CC2)cc1Cl. The lowest BCUT2D eigenvalue weighted by Gasteiger charge is -2.30. The molecular weight excluding hydrogens is 315 g/mol. The third kappa shape index (κ3) is 3.41. The predicted octanol–water partition coefficient (Wildman–Crippen LogP) is 2.34. The van der Waals surface area contributed by atoms with Crippen LogP contribution in [-0.2, 0) is 4.79 Å². The molecule has 1 fully saturated rings. The van der Waals surface area contributed by atoms with Crippen LogP contribution in [-0.4, -0.2) is 36.9 Å². The minimum absolute atomic E-state index is 0.163. The summed E-state index contributed by atoms with van der Waals surface area (Å²) in [5, 5.41) is 0.621. The van der Waals surface area contributed by atoms with E-state index in [2.05, 4.69) is 0 Å². The standard InChI is InChI=1S/C14H16Cl2N2O3/c1-21-12-7-10(15)9(6-11(12)16)14(20)18-4-2-8(3-5-18)13(17)19/h6-8H,2-5H2,1H3,(H2,17,19). The first-order valence-electron chi connectivity index (χ1n) is 6.55. The molecule has 5 nitrogen and oxygen atoms in total.